The molecule has 1 heterocycles. The molecular weight excluding hydrogens is 184 g/mol. The fourth-order valence-electron chi connectivity index (χ4n) is 1.97. The second kappa shape index (κ2) is 4.07. The molecule has 0 saturated heterocycles. The van der Waals surface area contributed by atoms with Crippen LogP contribution in [0.25, 0.3) is 10.9 Å². The monoisotopic (exact) mass is 202 g/mol. The number of benzene rings is 1. The van der Waals surface area contributed by atoms with Crippen LogP contribution in [-0.2, 0) is 13.5 Å². The summed E-state index contributed by atoms with van der Waals surface area (Å²) in [4.78, 5) is 0. The van der Waals surface area contributed by atoms with E-state index in [2.05, 4.69) is 49.0 Å². The predicted molar refractivity (Wildman–Crippen MR) is 64.9 cm³/mol. The van der Waals surface area contributed by atoms with Gasteiger partial charge in [0.15, 0.2) is 0 Å². The van der Waals surface area contributed by atoms with Crippen molar-refractivity contribution in [2.75, 3.05) is 0 Å². The van der Waals surface area contributed by atoms with Gasteiger partial charge < -0.3 is 10.3 Å². The molecule has 1 aromatic heterocycles. The minimum atomic E-state index is 0.281. The van der Waals surface area contributed by atoms with Crippen molar-refractivity contribution < 1.29 is 0 Å². The lowest BCUT2D eigenvalue weighted by atomic mass is 10.0. The fourth-order valence-corrected chi connectivity index (χ4v) is 1.97. The summed E-state index contributed by atoms with van der Waals surface area (Å²) in [6.07, 6.45) is 4.23. The van der Waals surface area contributed by atoms with Gasteiger partial charge in [0.05, 0.1) is 0 Å². The number of rotatable bonds is 3. The first-order valence-corrected chi connectivity index (χ1v) is 5.47. The summed E-state index contributed by atoms with van der Waals surface area (Å²) in [6.45, 7) is 2.06. The van der Waals surface area contributed by atoms with Crippen molar-refractivity contribution in [3.05, 3.63) is 36.0 Å². The first kappa shape index (κ1) is 10.2. The van der Waals surface area contributed by atoms with E-state index in [1.54, 1.807) is 0 Å². The third kappa shape index (κ3) is 2.05. The van der Waals surface area contributed by atoms with Crippen LogP contribution < -0.4 is 5.73 Å². The molecule has 1 aromatic carbocycles. The number of nitrogens with two attached hydrogens (primary N) is 1. The molecule has 0 aliphatic carbocycles. The molecule has 0 bridgehead atoms. The van der Waals surface area contributed by atoms with Crippen molar-refractivity contribution >= 4 is 10.9 Å². The minimum absolute atomic E-state index is 0.281. The molecule has 0 aliphatic rings. The summed E-state index contributed by atoms with van der Waals surface area (Å²) in [5, 5.41) is 1.36. The normalized spacial score (nSPS) is 13.3. The summed E-state index contributed by atoms with van der Waals surface area (Å²) in [5.74, 6) is 0. The molecule has 0 saturated carbocycles. The van der Waals surface area contributed by atoms with Gasteiger partial charge in [0, 0.05) is 30.2 Å². The lowest BCUT2D eigenvalue weighted by Crippen LogP contribution is -2.15. The molecule has 0 amide bonds. The zero-order chi connectivity index (χ0) is 10.8. The molecule has 0 radical (unpaired) electrons. The highest BCUT2D eigenvalue weighted by atomic mass is 14.9. The van der Waals surface area contributed by atoms with E-state index in [0.29, 0.717) is 0 Å². The average Bonchev–Trinajstić information content (AvgIpc) is 2.58. The first-order chi connectivity index (χ1) is 7.18. The van der Waals surface area contributed by atoms with Crippen LogP contribution in [-0.4, -0.2) is 10.6 Å². The largest absolute Gasteiger partial charge is 0.351 e. The van der Waals surface area contributed by atoms with E-state index in [1.165, 1.54) is 16.5 Å². The summed E-state index contributed by atoms with van der Waals surface area (Å²) in [7, 11) is 2.08. The summed E-state index contributed by atoms with van der Waals surface area (Å²) in [6, 6.07) is 8.95. The minimum Gasteiger partial charge on any atom is -0.351 e. The molecule has 15 heavy (non-hydrogen) atoms. The molecule has 0 fully saturated rings. The lowest BCUT2D eigenvalue weighted by molar-refractivity contribution is 0.668. The second-order valence-corrected chi connectivity index (χ2v) is 4.29. The number of aromatic nitrogens is 1. The Bertz CT molecular complexity index is 455. The number of hydrogen-bond acceptors (Lipinski definition) is 1. The quantitative estimate of drug-likeness (QED) is 0.814. The average molecular weight is 202 g/mol. The number of aryl methyl sites for hydroxylation is 2. The maximum Gasteiger partial charge on any atom is 0.0480 e. The first-order valence-electron chi connectivity index (χ1n) is 5.47. The molecule has 2 heteroatoms. The van der Waals surface area contributed by atoms with Crippen molar-refractivity contribution in [2.45, 2.75) is 25.8 Å². The Balaban J connectivity index is 2.34. The summed E-state index contributed by atoms with van der Waals surface area (Å²) >= 11 is 0. The van der Waals surface area contributed by atoms with Gasteiger partial charge in [0.25, 0.3) is 0 Å². The number of fused-ring (bicyclic) bond motifs is 1. The number of hydrogen-bond donors (Lipinski definition) is 1. The molecule has 0 aliphatic heterocycles. The van der Waals surface area contributed by atoms with Gasteiger partial charge in [-0.05, 0) is 37.5 Å². The van der Waals surface area contributed by atoms with Crippen LogP contribution in [0.4, 0.5) is 0 Å². The zero-order valence-corrected chi connectivity index (χ0v) is 9.40. The van der Waals surface area contributed by atoms with E-state index < -0.39 is 0 Å². The molecule has 80 valence electrons. The maximum absolute atomic E-state index is 5.78. The van der Waals surface area contributed by atoms with Gasteiger partial charge in [0.2, 0.25) is 0 Å². The highest BCUT2D eigenvalue weighted by Gasteiger charge is 2.04. The predicted octanol–water partition coefficient (Wildman–Crippen LogP) is 2.46. The topological polar surface area (TPSA) is 30.9 Å². The van der Waals surface area contributed by atoms with Gasteiger partial charge in [-0.2, -0.15) is 0 Å². The Morgan fingerprint density at radius 3 is 2.87 bits per heavy atom. The smallest absolute Gasteiger partial charge is 0.0480 e. The van der Waals surface area contributed by atoms with Gasteiger partial charge >= 0.3 is 0 Å². The molecule has 1 atom stereocenters. The van der Waals surface area contributed by atoms with Crippen LogP contribution in [0.3, 0.4) is 0 Å². The van der Waals surface area contributed by atoms with Crippen molar-refractivity contribution in [3.63, 3.8) is 0 Å². The van der Waals surface area contributed by atoms with Gasteiger partial charge in [-0.3, -0.25) is 0 Å². The Labute approximate surface area is 90.7 Å². The van der Waals surface area contributed by atoms with Gasteiger partial charge in [-0.15, -0.1) is 0 Å². The molecule has 2 N–H and O–H groups in total. The van der Waals surface area contributed by atoms with E-state index in [9.17, 15) is 0 Å². The van der Waals surface area contributed by atoms with E-state index in [4.69, 9.17) is 5.73 Å². The van der Waals surface area contributed by atoms with Crippen molar-refractivity contribution in [1.82, 2.24) is 4.57 Å². The van der Waals surface area contributed by atoms with Crippen LogP contribution in [0.1, 0.15) is 18.9 Å². The Hall–Kier alpha value is -1.28. The molecule has 2 rings (SSSR count). The van der Waals surface area contributed by atoms with Gasteiger partial charge in [-0.1, -0.05) is 12.1 Å². The number of nitrogens with zero attached hydrogens (tertiary/aromatic N) is 1. The van der Waals surface area contributed by atoms with E-state index in [0.717, 1.165) is 12.8 Å². The van der Waals surface area contributed by atoms with Crippen LogP contribution in [0, 0.1) is 0 Å². The SMILES string of the molecule is C[C@H](N)CCc1cccc2c1ccn2C. The van der Waals surface area contributed by atoms with E-state index >= 15 is 0 Å². The Morgan fingerprint density at radius 2 is 2.13 bits per heavy atom. The van der Waals surface area contributed by atoms with Crippen LogP contribution in [0.5, 0.6) is 0 Å². The molecule has 2 nitrogen and oxygen atoms in total. The Morgan fingerprint density at radius 1 is 1.33 bits per heavy atom. The summed E-state index contributed by atoms with van der Waals surface area (Å²) < 4.78 is 2.16. The Kier molecular flexibility index (Phi) is 2.78. The lowest BCUT2D eigenvalue weighted by Gasteiger charge is -2.06. The third-order valence-corrected chi connectivity index (χ3v) is 2.89. The highest BCUT2D eigenvalue weighted by Crippen LogP contribution is 2.20. The van der Waals surface area contributed by atoms with Crippen LogP contribution in [0.15, 0.2) is 30.5 Å². The molecule has 2 aromatic rings. The molecular formula is C13H18N2. The van der Waals surface area contributed by atoms with Gasteiger partial charge in [0.1, 0.15) is 0 Å². The summed E-state index contributed by atoms with van der Waals surface area (Å²) in [5.41, 5.74) is 8.50. The van der Waals surface area contributed by atoms with Gasteiger partial charge in [-0.25, -0.2) is 0 Å². The van der Waals surface area contributed by atoms with E-state index in [1.807, 2.05) is 0 Å². The molecule has 0 unspecified atom stereocenters. The van der Waals surface area contributed by atoms with Crippen LogP contribution in [0.2, 0.25) is 0 Å². The van der Waals surface area contributed by atoms with Crippen LogP contribution >= 0.6 is 0 Å². The third-order valence-electron chi connectivity index (χ3n) is 2.89. The van der Waals surface area contributed by atoms with Crippen molar-refractivity contribution in [3.8, 4) is 0 Å². The van der Waals surface area contributed by atoms with E-state index in [-0.39, 0.29) is 6.04 Å². The van der Waals surface area contributed by atoms with Crippen molar-refractivity contribution in [2.24, 2.45) is 12.8 Å². The zero-order valence-electron chi connectivity index (χ0n) is 9.40. The standard InChI is InChI=1S/C13H18N2/c1-10(14)6-7-11-4-3-5-13-12(11)8-9-15(13)2/h3-5,8-10H,6-7,14H2,1-2H3/t10-/m0/s1. The highest BCUT2D eigenvalue weighted by molar-refractivity contribution is 5.83. The second-order valence-electron chi connectivity index (χ2n) is 4.29. The van der Waals surface area contributed by atoms with Crippen molar-refractivity contribution in [1.29, 1.82) is 0 Å². The fraction of sp³-hybridized carbons (Fsp3) is 0.385. The molecule has 0 spiro atoms. The maximum atomic E-state index is 5.78.